The predicted octanol–water partition coefficient (Wildman–Crippen LogP) is 5.53. The summed E-state index contributed by atoms with van der Waals surface area (Å²) in [7, 11) is 1.52. The highest BCUT2D eigenvalue weighted by Crippen LogP contribution is 2.49. The van der Waals surface area contributed by atoms with Gasteiger partial charge in [-0.05, 0) is 59.2 Å². The molecule has 1 saturated heterocycles. The highest BCUT2D eigenvalue weighted by molar-refractivity contribution is 8.00. The maximum atomic E-state index is 13.4. The first-order valence-corrected chi connectivity index (χ1v) is 12.8. The first-order chi connectivity index (χ1) is 18.0. The first-order valence-electron chi connectivity index (χ1n) is 11.7. The second kappa shape index (κ2) is 10.6. The molecule has 3 aromatic carbocycles. The van der Waals surface area contributed by atoms with Crippen molar-refractivity contribution in [2.45, 2.75) is 17.4 Å². The lowest BCUT2D eigenvalue weighted by atomic mass is 9.91. The summed E-state index contributed by atoms with van der Waals surface area (Å²) < 4.78 is 18.8. The monoisotopic (exact) mass is 516 g/mol. The first kappa shape index (κ1) is 24.8. The van der Waals surface area contributed by atoms with Crippen molar-refractivity contribution in [1.82, 2.24) is 4.98 Å². The molecule has 0 bridgehead atoms. The Morgan fingerprint density at radius 1 is 1.05 bits per heavy atom. The second-order valence-corrected chi connectivity index (χ2v) is 9.86. The Labute approximate surface area is 218 Å². The summed E-state index contributed by atoms with van der Waals surface area (Å²) in [5.74, 6) is 0.328. The molecule has 5 rings (SSSR count). The predicted molar refractivity (Wildman–Crippen MR) is 142 cm³/mol. The van der Waals surface area contributed by atoms with E-state index >= 15 is 0 Å². The average Bonchev–Trinajstić information content (AvgIpc) is 2.93. The Morgan fingerprint density at radius 3 is 2.49 bits per heavy atom. The molecular formula is C29H25FN2O4S. The summed E-state index contributed by atoms with van der Waals surface area (Å²) in [6.07, 6.45) is 2.65. The molecule has 0 spiro atoms. The van der Waals surface area contributed by atoms with Crippen molar-refractivity contribution in [2.75, 3.05) is 17.8 Å². The quantitative estimate of drug-likeness (QED) is 0.300. The van der Waals surface area contributed by atoms with Crippen LogP contribution < -0.4 is 9.64 Å². The average molecular weight is 517 g/mol. The number of aromatic nitrogens is 1. The molecule has 3 atom stereocenters. The number of halogens is 1. The van der Waals surface area contributed by atoms with Gasteiger partial charge in [-0.3, -0.25) is 9.78 Å². The Balaban J connectivity index is 1.42. The maximum Gasteiger partial charge on any atom is 0.243 e. The van der Waals surface area contributed by atoms with Crippen LogP contribution in [0.25, 0.3) is 11.1 Å². The van der Waals surface area contributed by atoms with Crippen LogP contribution in [0.2, 0.25) is 0 Å². The zero-order valence-electron chi connectivity index (χ0n) is 20.0. The summed E-state index contributed by atoms with van der Waals surface area (Å²) in [5, 5.41) is 20.1. The molecule has 37 heavy (non-hydrogen) atoms. The van der Waals surface area contributed by atoms with E-state index in [4.69, 9.17) is 4.74 Å². The topological polar surface area (TPSA) is 82.9 Å². The minimum atomic E-state index is -0.853. The molecule has 0 radical (unpaired) electrons. The number of phenolic OH excluding ortho intramolecular Hbond substituents is 1. The lowest BCUT2D eigenvalue weighted by molar-refractivity contribution is -0.123. The lowest BCUT2D eigenvalue weighted by Gasteiger charge is -2.47. The van der Waals surface area contributed by atoms with Gasteiger partial charge in [0.2, 0.25) is 5.91 Å². The van der Waals surface area contributed by atoms with Crippen LogP contribution in [0.3, 0.4) is 0 Å². The summed E-state index contributed by atoms with van der Waals surface area (Å²) >= 11 is 1.34. The third-order valence-corrected chi connectivity index (χ3v) is 7.74. The minimum Gasteiger partial charge on any atom is -0.508 e. The lowest BCUT2D eigenvalue weighted by Crippen LogP contribution is -2.57. The van der Waals surface area contributed by atoms with Crippen LogP contribution in [0.1, 0.15) is 23.3 Å². The smallest absolute Gasteiger partial charge is 0.243 e. The molecule has 2 N–H and O–H groups in total. The number of hydrogen-bond acceptors (Lipinski definition) is 6. The molecule has 1 aliphatic heterocycles. The van der Waals surface area contributed by atoms with E-state index in [-0.39, 0.29) is 29.3 Å². The van der Waals surface area contributed by atoms with Gasteiger partial charge in [0, 0.05) is 35.5 Å². The van der Waals surface area contributed by atoms with Crippen molar-refractivity contribution in [1.29, 1.82) is 0 Å². The number of pyridine rings is 1. The number of phenols is 1. The van der Waals surface area contributed by atoms with Crippen molar-refractivity contribution in [3.63, 3.8) is 0 Å². The van der Waals surface area contributed by atoms with Gasteiger partial charge >= 0.3 is 0 Å². The molecule has 188 valence electrons. The van der Waals surface area contributed by atoms with E-state index in [2.05, 4.69) is 4.98 Å². The Kier molecular flexibility index (Phi) is 7.12. The number of aliphatic hydroxyl groups excluding tert-OH is 1. The summed E-state index contributed by atoms with van der Waals surface area (Å²) in [6.45, 7) is 0. The van der Waals surface area contributed by atoms with E-state index < -0.39 is 11.4 Å². The zero-order valence-corrected chi connectivity index (χ0v) is 20.8. The van der Waals surface area contributed by atoms with Crippen LogP contribution in [0.5, 0.6) is 11.5 Å². The molecule has 1 fully saturated rings. The number of amides is 1. The molecule has 8 heteroatoms. The van der Waals surface area contributed by atoms with E-state index in [1.165, 1.54) is 37.1 Å². The van der Waals surface area contributed by atoms with Gasteiger partial charge in [-0.15, -0.1) is 11.8 Å². The number of aromatic hydroxyl groups is 1. The summed E-state index contributed by atoms with van der Waals surface area (Å²) in [5.41, 5.74) is 4.03. The van der Waals surface area contributed by atoms with Crippen LogP contribution >= 0.6 is 11.8 Å². The van der Waals surface area contributed by atoms with Gasteiger partial charge < -0.3 is 19.8 Å². The van der Waals surface area contributed by atoms with E-state index in [1.807, 2.05) is 36.4 Å². The molecular weight excluding hydrogens is 491 g/mol. The maximum absolute atomic E-state index is 13.4. The fourth-order valence-electron chi connectivity index (χ4n) is 4.48. The Bertz CT molecular complexity index is 1380. The third kappa shape index (κ3) is 5.03. The number of nitrogens with zero attached hydrogens (tertiary/aromatic N) is 2. The van der Waals surface area contributed by atoms with Crippen LogP contribution in [0.15, 0.2) is 91.3 Å². The van der Waals surface area contributed by atoms with Crippen LogP contribution in [-0.4, -0.2) is 39.2 Å². The molecule has 4 aromatic rings. The number of benzene rings is 3. The zero-order chi connectivity index (χ0) is 25.9. The largest absolute Gasteiger partial charge is 0.508 e. The number of carbonyl (C=O) groups excluding carboxylic acids is 1. The van der Waals surface area contributed by atoms with Gasteiger partial charge in [-0.1, -0.05) is 30.3 Å². The Hall–Kier alpha value is -3.88. The number of methoxy groups -OCH3 is 1. The van der Waals surface area contributed by atoms with Crippen molar-refractivity contribution in [3.05, 3.63) is 108 Å². The number of carbonyl (C=O) groups is 1. The van der Waals surface area contributed by atoms with E-state index in [1.54, 1.807) is 41.6 Å². The Morgan fingerprint density at radius 2 is 1.81 bits per heavy atom. The number of β-lactam (4-membered cyclic amide) rings is 1. The fourth-order valence-corrected chi connectivity index (χ4v) is 5.77. The number of aliphatic hydroxyl groups is 1. The van der Waals surface area contributed by atoms with Crippen LogP contribution in [-0.2, 0) is 4.79 Å². The highest BCUT2D eigenvalue weighted by atomic mass is 32.2. The van der Waals surface area contributed by atoms with E-state index in [0.29, 0.717) is 11.3 Å². The van der Waals surface area contributed by atoms with Crippen molar-refractivity contribution in [2.24, 2.45) is 0 Å². The van der Waals surface area contributed by atoms with E-state index in [9.17, 15) is 19.4 Å². The normalized spacial score (nSPS) is 17.8. The number of thioether (sulfide) groups is 1. The number of hydrogen-bond donors (Lipinski definition) is 2. The molecule has 1 amide bonds. The molecule has 0 unspecified atom stereocenters. The van der Waals surface area contributed by atoms with Gasteiger partial charge in [0.1, 0.15) is 22.6 Å². The molecule has 6 nitrogen and oxygen atoms in total. The minimum absolute atomic E-state index is 0.0644. The molecule has 2 heterocycles. The second-order valence-electron chi connectivity index (χ2n) is 8.69. The van der Waals surface area contributed by atoms with Gasteiger partial charge in [-0.25, -0.2) is 4.39 Å². The SMILES string of the molecule is COc1cc(O)ccc1[C@@H]1[C@@H](SC[C@H](O)c2ccc(F)cc2)C(=O)N1c1ccc(-c2cccnc2)cc1. The van der Waals surface area contributed by atoms with Crippen molar-refractivity contribution < 1.29 is 24.1 Å². The van der Waals surface area contributed by atoms with Crippen molar-refractivity contribution >= 4 is 23.4 Å². The molecule has 1 aliphatic rings. The van der Waals surface area contributed by atoms with Crippen molar-refractivity contribution in [3.8, 4) is 22.6 Å². The van der Waals surface area contributed by atoms with Gasteiger partial charge in [0.25, 0.3) is 0 Å². The number of anilines is 1. The third-order valence-electron chi connectivity index (χ3n) is 6.41. The van der Waals surface area contributed by atoms with Gasteiger partial charge in [-0.2, -0.15) is 0 Å². The standard InChI is InChI=1S/C29H25FN2O4S/c1-36-26-15-23(33)12-13-24(26)27-28(37-17-25(34)19-4-8-21(30)9-5-19)29(35)32(27)22-10-6-18(7-11-22)20-3-2-14-31-16-20/h2-16,25,27-28,33-34H,17H2,1H3/t25-,27+,28+/m0/s1. The number of rotatable bonds is 8. The van der Waals surface area contributed by atoms with Crippen LogP contribution in [0.4, 0.5) is 10.1 Å². The molecule has 0 saturated carbocycles. The highest BCUT2D eigenvalue weighted by Gasteiger charge is 2.50. The number of ether oxygens (including phenoxy) is 1. The molecule has 0 aliphatic carbocycles. The van der Waals surface area contributed by atoms with E-state index in [0.717, 1.165) is 22.4 Å². The molecule has 1 aromatic heterocycles. The van der Waals surface area contributed by atoms with Gasteiger partial charge in [0.15, 0.2) is 0 Å². The fraction of sp³-hybridized carbons (Fsp3) is 0.172. The summed E-state index contributed by atoms with van der Waals surface area (Å²) in [4.78, 5) is 19.3. The van der Waals surface area contributed by atoms with Crippen LogP contribution in [0, 0.1) is 5.82 Å². The van der Waals surface area contributed by atoms with Gasteiger partial charge in [0.05, 0.1) is 19.3 Å². The summed E-state index contributed by atoms with van der Waals surface area (Å²) in [6, 6.07) is 21.7.